The van der Waals surface area contributed by atoms with E-state index in [-0.39, 0.29) is 0 Å². The van der Waals surface area contributed by atoms with Crippen molar-refractivity contribution in [2.24, 2.45) is 5.41 Å². The van der Waals surface area contributed by atoms with E-state index in [1.165, 1.54) is 42.6 Å². The summed E-state index contributed by atoms with van der Waals surface area (Å²) >= 11 is 0. The molecule has 3 nitrogen and oxygen atoms in total. The van der Waals surface area contributed by atoms with Gasteiger partial charge in [-0.15, -0.1) is 0 Å². The van der Waals surface area contributed by atoms with E-state index in [0.29, 0.717) is 11.3 Å². The third-order valence-corrected chi connectivity index (χ3v) is 4.83. The summed E-state index contributed by atoms with van der Waals surface area (Å²) in [6.45, 7) is 8.85. The van der Waals surface area contributed by atoms with Gasteiger partial charge in [0.2, 0.25) is 0 Å². The van der Waals surface area contributed by atoms with E-state index in [4.69, 9.17) is 9.97 Å². The lowest BCUT2D eigenvalue weighted by atomic mass is 9.73. The summed E-state index contributed by atoms with van der Waals surface area (Å²) in [5.74, 6) is 1.71. The Hall–Kier alpha value is -0.960. The molecule has 1 aromatic heterocycles. The van der Waals surface area contributed by atoms with Gasteiger partial charge in [0.15, 0.2) is 0 Å². The summed E-state index contributed by atoms with van der Waals surface area (Å²) in [5.41, 5.74) is 4.41. The van der Waals surface area contributed by atoms with Gasteiger partial charge >= 0.3 is 0 Å². The third-order valence-electron chi connectivity index (χ3n) is 4.83. The average Bonchev–Trinajstić information content (AvgIpc) is 2.85. The minimum Gasteiger partial charge on any atom is -0.307 e. The van der Waals surface area contributed by atoms with Crippen LogP contribution in [0.3, 0.4) is 0 Å². The fourth-order valence-electron chi connectivity index (χ4n) is 3.39. The Balaban J connectivity index is 1.86. The SMILES string of the molecule is CCc1nc(C2CCC(C)(C)CC2)nc2c1CNC2. The second kappa shape index (κ2) is 4.86. The van der Waals surface area contributed by atoms with Crippen molar-refractivity contribution < 1.29 is 0 Å². The molecule has 1 aliphatic heterocycles. The third kappa shape index (κ3) is 2.53. The van der Waals surface area contributed by atoms with Crippen LogP contribution in [0, 0.1) is 5.41 Å². The molecule has 0 atom stereocenters. The summed E-state index contributed by atoms with van der Waals surface area (Å²) in [5, 5.41) is 3.40. The fraction of sp³-hybridized carbons (Fsp3) is 0.750. The monoisotopic (exact) mass is 259 g/mol. The van der Waals surface area contributed by atoms with E-state index in [9.17, 15) is 0 Å². The predicted molar refractivity (Wildman–Crippen MR) is 76.9 cm³/mol. The predicted octanol–water partition coefficient (Wildman–Crippen LogP) is 3.33. The van der Waals surface area contributed by atoms with Crippen LogP contribution in [0.5, 0.6) is 0 Å². The molecule has 0 aromatic carbocycles. The minimum atomic E-state index is 0.516. The molecule has 3 heteroatoms. The van der Waals surface area contributed by atoms with Crippen LogP contribution in [0.1, 0.15) is 75.1 Å². The van der Waals surface area contributed by atoms with Gasteiger partial charge in [-0.3, -0.25) is 0 Å². The topological polar surface area (TPSA) is 37.8 Å². The molecule has 0 radical (unpaired) electrons. The van der Waals surface area contributed by atoms with Crippen LogP contribution >= 0.6 is 0 Å². The normalized spacial score (nSPS) is 22.5. The molecule has 0 bridgehead atoms. The maximum absolute atomic E-state index is 4.88. The molecule has 1 fully saturated rings. The van der Waals surface area contributed by atoms with Gasteiger partial charge in [-0.05, 0) is 37.5 Å². The minimum absolute atomic E-state index is 0.516. The van der Waals surface area contributed by atoms with Gasteiger partial charge in [-0.25, -0.2) is 9.97 Å². The number of fused-ring (bicyclic) bond motifs is 1. The molecule has 1 saturated carbocycles. The van der Waals surface area contributed by atoms with Gasteiger partial charge in [0, 0.05) is 30.3 Å². The first-order valence-corrected chi connectivity index (χ1v) is 7.68. The summed E-state index contributed by atoms with van der Waals surface area (Å²) in [7, 11) is 0. The van der Waals surface area contributed by atoms with Crippen molar-refractivity contribution >= 4 is 0 Å². The molecule has 3 rings (SSSR count). The lowest BCUT2D eigenvalue weighted by Crippen LogP contribution is -2.22. The Morgan fingerprint density at radius 1 is 1.16 bits per heavy atom. The average molecular weight is 259 g/mol. The second-order valence-electron chi connectivity index (χ2n) is 6.85. The number of hydrogen-bond donors (Lipinski definition) is 1. The first-order valence-electron chi connectivity index (χ1n) is 7.68. The smallest absolute Gasteiger partial charge is 0.132 e. The van der Waals surface area contributed by atoms with Gasteiger partial charge < -0.3 is 5.32 Å². The molecular weight excluding hydrogens is 234 g/mol. The molecule has 0 unspecified atom stereocenters. The quantitative estimate of drug-likeness (QED) is 0.885. The van der Waals surface area contributed by atoms with Crippen LogP contribution in [0.2, 0.25) is 0 Å². The summed E-state index contributed by atoms with van der Waals surface area (Å²) in [6.07, 6.45) is 6.14. The highest BCUT2D eigenvalue weighted by Crippen LogP contribution is 2.41. The molecule has 104 valence electrons. The van der Waals surface area contributed by atoms with Crippen molar-refractivity contribution in [1.82, 2.24) is 15.3 Å². The maximum Gasteiger partial charge on any atom is 0.132 e. The standard InChI is InChI=1S/C16H25N3/c1-4-13-12-9-17-10-14(12)19-15(18-13)11-5-7-16(2,3)8-6-11/h11,17H,4-10H2,1-3H3. The molecule has 19 heavy (non-hydrogen) atoms. The zero-order chi connectivity index (χ0) is 13.5. The first kappa shape index (κ1) is 13.0. The van der Waals surface area contributed by atoms with Crippen molar-refractivity contribution in [3.05, 3.63) is 22.8 Å². The van der Waals surface area contributed by atoms with E-state index in [0.717, 1.165) is 25.3 Å². The van der Waals surface area contributed by atoms with E-state index in [1.54, 1.807) is 0 Å². The summed E-state index contributed by atoms with van der Waals surface area (Å²) in [6, 6.07) is 0. The number of aromatic nitrogens is 2. The fourth-order valence-corrected chi connectivity index (χ4v) is 3.39. The van der Waals surface area contributed by atoms with Crippen molar-refractivity contribution in [2.75, 3.05) is 0 Å². The van der Waals surface area contributed by atoms with E-state index in [2.05, 4.69) is 26.1 Å². The second-order valence-corrected chi connectivity index (χ2v) is 6.85. The van der Waals surface area contributed by atoms with Crippen molar-refractivity contribution in [3.8, 4) is 0 Å². The van der Waals surface area contributed by atoms with Crippen LogP contribution in [0.25, 0.3) is 0 Å². The molecule has 0 saturated heterocycles. The van der Waals surface area contributed by atoms with Crippen molar-refractivity contribution in [2.45, 2.75) is 71.9 Å². The largest absolute Gasteiger partial charge is 0.307 e. The molecule has 1 aliphatic carbocycles. The Kier molecular flexibility index (Phi) is 3.34. The van der Waals surface area contributed by atoms with Crippen LogP contribution in [-0.2, 0) is 19.5 Å². The Morgan fingerprint density at radius 3 is 2.58 bits per heavy atom. The lowest BCUT2D eigenvalue weighted by molar-refractivity contribution is 0.220. The number of nitrogens with one attached hydrogen (secondary N) is 1. The number of aryl methyl sites for hydroxylation is 1. The maximum atomic E-state index is 4.88. The molecule has 0 amide bonds. The molecule has 1 aromatic rings. The van der Waals surface area contributed by atoms with Crippen LogP contribution < -0.4 is 5.32 Å². The summed E-state index contributed by atoms with van der Waals surface area (Å²) in [4.78, 5) is 9.74. The zero-order valence-corrected chi connectivity index (χ0v) is 12.4. The van der Waals surface area contributed by atoms with Gasteiger partial charge in [0.1, 0.15) is 5.82 Å². The van der Waals surface area contributed by atoms with Crippen LogP contribution in [0.15, 0.2) is 0 Å². The molecule has 0 spiro atoms. The van der Waals surface area contributed by atoms with E-state index >= 15 is 0 Å². The van der Waals surface area contributed by atoms with Gasteiger partial charge in [-0.2, -0.15) is 0 Å². The Labute approximate surface area is 116 Å². The van der Waals surface area contributed by atoms with E-state index in [1.807, 2.05) is 0 Å². The molecule has 2 heterocycles. The lowest BCUT2D eigenvalue weighted by Gasteiger charge is -2.33. The molecule has 1 N–H and O–H groups in total. The van der Waals surface area contributed by atoms with Gasteiger partial charge in [0.05, 0.1) is 5.69 Å². The van der Waals surface area contributed by atoms with Gasteiger partial charge in [-0.1, -0.05) is 20.8 Å². The summed E-state index contributed by atoms with van der Waals surface area (Å²) < 4.78 is 0. The van der Waals surface area contributed by atoms with Crippen molar-refractivity contribution in [3.63, 3.8) is 0 Å². The van der Waals surface area contributed by atoms with Crippen molar-refractivity contribution in [1.29, 1.82) is 0 Å². The number of nitrogens with zero attached hydrogens (tertiary/aromatic N) is 2. The highest BCUT2D eigenvalue weighted by atomic mass is 15.0. The highest BCUT2D eigenvalue weighted by molar-refractivity contribution is 5.30. The molecular formula is C16H25N3. The van der Waals surface area contributed by atoms with Gasteiger partial charge in [0.25, 0.3) is 0 Å². The zero-order valence-electron chi connectivity index (χ0n) is 12.4. The molecule has 2 aliphatic rings. The van der Waals surface area contributed by atoms with Crippen LogP contribution in [0.4, 0.5) is 0 Å². The highest BCUT2D eigenvalue weighted by Gasteiger charge is 2.30. The number of rotatable bonds is 2. The Morgan fingerprint density at radius 2 is 1.89 bits per heavy atom. The van der Waals surface area contributed by atoms with Crippen LogP contribution in [-0.4, -0.2) is 9.97 Å². The Bertz CT molecular complexity index is 469. The first-order chi connectivity index (χ1) is 9.09. The number of hydrogen-bond acceptors (Lipinski definition) is 3. The van der Waals surface area contributed by atoms with E-state index < -0.39 is 0 Å².